The van der Waals surface area contributed by atoms with E-state index in [0.717, 1.165) is 11.3 Å². The number of carbonyl (C=O) groups is 1. The van der Waals surface area contributed by atoms with Crippen LogP contribution in [-0.4, -0.2) is 12.1 Å². The molecule has 2 aromatic carbocycles. The van der Waals surface area contributed by atoms with Gasteiger partial charge in [0.2, 0.25) is 0 Å². The van der Waals surface area contributed by atoms with Crippen LogP contribution in [0.2, 0.25) is 5.02 Å². The maximum atomic E-state index is 11.8. The third-order valence-electron chi connectivity index (χ3n) is 2.83. The molecule has 22 heavy (non-hydrogen) atoms. The van der Waals surface area contributed by atoms with Crippen LogP contribution in [0.4, 0.5) is 10.5 Å². The zero-order chi connectivity index (χ0) is 15.9. The maximum absolute atomic E-state index is 11.8. The summed E-state index contributed by atoms with van der Waals surface area (Å²) in [5.41, 5.74) is 1.66. The van der Waals surface area contributed by atoms with Crippen molar-refractivity contribution in [2.24, 2.45) is 0 Å². The summed E-state index contributed by atoms with van der Waals surface area (Å²) in [5.74, 6) is 0.821. The molecule has 0 aliphatic heterocycles. The van der Waals surface area contributed by atoms with Crippen LogP contribution in [0.1, 0.15) is 19.4 Å². The third kappa shape index (κ3) is 5.30. The first-order valence-electron chi connectivity index (χ1n) is 7.09. The van der Waals surface area contributed by atoms with E-state index >= 15 is 0 Å². The Morgan fingerprint density at radius 1 is 1.18 bits per heavy atom. The van der Waals surface area contributed by atoms with Crippen LogP contribution in [0.5, 0.6) is 5.75 Å². The Balaban J connectivity index is 1.83. The summed E-state index contributed by atoms with van der Waals surface area (Å²) in [4.78, 5) is 11.8. The first kappa shape index (κ1) is 16.2. The van der Waals surface area contributed by atoms with E-state index in [1.165, 1.54) is 0 Å². The molecule has 116 valence electrons. The van der Waals surface area contributed by atoms with Gasteiger partial charge in [-0.25, -0.2) is 4.79 Å². The Labute approximate surface area is 135 Å². The Hall–Kier alpha value is -2.20. The van der Waals surface area contributed by atoms with Crippen LogP contribution in [0.25, 0.3) is 0 Å². The number of hydrogen-bond acceptors (Lipinski definition) is 2. The average molecular weight is 319 g/mol. The van der Waals surface area contributed by atoms with Crippen molar-refractivity contribution in [3.05, 3.63) is 59.1 Å². The van der Waals surface area contributed by atoms with Gasteiger partial charge in [-0.2, -0.15) is 0 Å². The molecule has 0 fully saturated rings. The van der Waals surface area contributed by atoms with E-state index in [1.807, 2.05) is 38.1 Å². The lowest BCUT2D eigenvalue weighted by Crippen LogP contribution is -2.28. The largest absolute Gasteiger partial charge is 0.491 e. The lowest BCUT2D eigenvalue weighted by molar-refractivity contribution is 0.242. The van der Waals surface area contributed by atoms with Gasteiger partial charge in [-0.05, 0) is 49.7 Å². The number of amides is 2. The number of halogens is 1. The minimum atomic E-state index is -0.273. The molecule has 2 rings (SSSR count). The average Bonchev–Trinajstić information content (AvgIpc) is 2.46. The third-order valence-corrected chi connectivity index (χ3v) is 3.07. The van der Waals surface area contributed by atoms with Crippen LogP contribution in [0.15, 0.2) is 48.5 Å². The number of hydrogen-bond donors (Lipinski definition) is 2. The van der Waals surface area contributed by atoms with Gasteiger partial charge in [0.1, 0.15) is 5.75 Å². The van der Waals surface area contributed by atoms with Gasteiger partial charge >= 0.3 is 6.03 Å². The molecule has 0 aliphatic rings. The predicted molar refractivity (Wildman–Crippen MR) is 89.5 cm³/mol. The minimum Gasteiger partial charge on any atom is -0.491 e. The zero-order valence-electron chi connectivity index (χ0n) is 12.6. The fourth-order valence-corrected chi connectivity index (χ4v) is 2.07. The van der Waals surface area contributed by atoms with Gasteiger partial charge in [-0.15, -0.1) is 0 Å². The van der Waals surface area contributed by atoms with Crippen molar-refractivity contribution < 1.29 is 9.53 Å². The number of urea groups is 1. The van der Waals surface area contributed by atoms with Crippen LogP contribution in [0, 0.1) is 0 Å². The molecule has 2 amide bonds. The molecule has 2 aromatic rings. The van der Waals surface area contributed by atoms with Gasteiger partial charge in [0, 0.05) is 17.3 Å². The molecule has 0 saturated heterocycles. The van der Waals surface area contributed by atoms with Crippen molar-refractivity contribution in [1.29, 1.82) is 0 Å². The minimum absolute atomic E-state index is 0.146. The molecular weight excluding hydrogens is 300 g/mol. The first-order valence-corrected chi connectivity index (χ1v) is 7.47. The van der Waals surface area contributed by atoms with Gasteiger partial charge in [0.25, 0.3) is 0 Å². The molecule has 0 heterocycles. The highest BCUT2D eigenvalue weighted by Crippen LogP contribution is 2.15. The zero-order valence-corrected chi connectivity index (χ0v) is 13.4. The van der Waals surface area contributed by atoms with Crippen molar-refractivity contribution in [2.45, 2.75) is 26.5 Å². The van der Waals surface area contributed by atoms with Crippen molar-refractivity contribution in [3.63, 3.8) is 0 Å². The molecule has 5 heteroatoms. The lowest BCUT2D eigenvalue weighted by Gasteiger charge is -2.11. The van der Waals surface area contributed by atoms with E-state index in [9.17, 15) is 4.79 Å². The van der Waals surface area contributed by atoms with E-state index in [1.54, 1.807) is 24.3 Å². The van der Waals surface area contributed by atoms with Crippen molar-refractivity contribution in [2.75, 3.05) is 5.32 Å². The Morgan fingerprint density at radius 2 is 1.91 bits per heavy atom. The van der Waals surface area contributed by atoms with Gasteiger partial charge in [-0.1, -0.05) is 29.8 Å². The molecular formula is C17H19ClN2O2. The second-order valence-electron chi connectivity index (χ2n) is 5.13. The molecule has 0 bridgehead atoms. The highest BCUT2D eigenvalue weighted by molar-refractivity contribution is 6.30. The molecule has 0 atom stereocenters. The lowest BCUT2D eigenvalue weighted by atomic mass is 10.2. The van der Waals surface area contributed by atoms with Gasteiger partial charge in [0.05, 0.1) is 6.10 Å². The van der Waals surface area contributed by atoms with Crippen LogP contribution in [-0.2, 0) is 6.54 Å². The number of ether oxygens (including phenoxy) is 1. The number of nitrogens with one attached hydrogen (secondary N) is 2. The summed E-state index contributed by atoms with van der Waals surface area (Å²) < 4.78 is 5.57. The molecule has 0 unspecified atom stereocenters. The highest BCUT2D eigenvalue weighted by atomic mass is 35.5. The molecule has 0 spiro atoms. The fourth-order valence-electron chi connectivity index (χ4n) is 1.88. The van der Waals surface area contributed by atoms with Crippen molar-refractivity contribution in [3.8, 4) is 5.75 Å². The van der Waals surface area contributed by atoms with Gasteiger partial charge in [0.15, 0.2) is 0 Å². The predicted octanol–water partition coefficient (Wildman–Crippen LogP) is 4.45. The molecule has 0 radical (unpaired) electrons. The summed E-state index contributed by atoms with van der Waals surface area (Å²) in [6.07, 6.45) is 0.146. The Kier molecular flexibility index (Phi) is 5.67. The summed E-state index contributed by atoms with van der Waals surface area (Å²) in [7, 11) is 0. The normalized spacial score (nSPS) is 10.4. The second kappa shape index (κ2) is 7.71. The smallest absolute Gasteiger partial charge is 0.319 e. The number of benzene rings is 2. The molecule has 4 nitrogen and oxygen atoms in total. The Morgan fingerprint density at radius 3 is 2.55 bits per heavy atom. The van der Waals surface area contributed by atoms with E-state index < -0.39 is 0 Å². The van der Waals surface area contributed by atoms with E-state index in [0.29, 0.717) is 17.3 Å². The standard InChI is InChI=1S/C17H19ClN2O2/c1-12(2)22-16-8-6-13(7-9-16)11-19-17(21)20-15-5-3-4-14(18)10-15/h3-10,12H,11H2,1-2H3,(H2,19,20,21). The van der Waals surface area contributed by atoms with Crippen molar-refractivity contribution in [1.82, 2.24) is 5.32 Å². The summed E-state index contributed by atoms with van der Waals surface area (Å²) in [5, 5.41) is 6.11. The summed E-state index contributed by atoms with van der Waals surface area (Å²) in [6.45, 7) is 4.40. The SMILES string of the molecule is CC(C)Oc1ccc(CNC(=O)Nc2cccc(Cl)c2)cc1. The molecule has 2 N–H and O–H groups in total. The quantitative estimate of drug-likeness (QED) is 0.855. The Bertz CT molecular complexity index is 627. The fraction of sp³-hybridized carbons (Fsp3) is 0.235. The number of anilines is 1. The van der Waals surface area contributed by atoms with E-state index in [-0.39, 0.29) is 12.1 Å². The van der Waals surface area contributed by atoms with Crippen LogP contribution in [0.3, 0.4) is 0 Å². The van der Waals surface area contributed by atoms with Crippen molar-refractivity contribution >= 4 is 23.3 Å². The van der Waals surface area contributed by atoms with Crippen LogP contribution >= 0.6 is 11.6 Å². The topological polar surface area (TPSA) is 50.4 Å². The van der Waals surface area contributed by atoms with Crippen LogP contribution < -0.4 is 15.4 Å². The summed E-state index contributed by atoms with van der Waals surface area (Å²) >= 11 is 5.87. The monoisotopic (exact) mass is 318 g/mol. The summed E-state index contributed by atoms with van der Waals surface area (Å²) in [6, 6.07) is 14.4. The number of carbonyl (C=O) groups excluding carboxylic acids is 1. The first-order chi connectivity index (χ1) is 10.5. The highest BCUT2D eigenvalue weighted by Gasteiger charge is 2.03. The van der Waals surface area contributed by atoms with E-state index in [4.69, 9.17) is 16.3 Å². The van der Waals surface area contributed by atoms with Gasteiger partial charge in [-0.3, -0.25) is 0 Å². The maximum Gasteiger partial charge on any atom is 0.319 e. The molecule has 0 aliphatic carbocycles. The number of rotatable bonds is 5. The van der Waals surface area contributed by atoms with Gasteiger partial charge < -0.3 is 15.4 Å². The second-order valence-corrected chi connectivity index (χ2v) is 5.57. The van der Waals surface area contributed by atoms with E-state index in [2.05, 4.69) is 10.6 Å². The molecule has 0 saturated carbocycles. The molecule has 0 aromatic heterocycles.